The number of imide groups is 1. The smallest absolute Gasteiger partial charge is 0.373 e. The number of carbonyl (C=O) groups is 4. The molecule has 11 heteroatoms. The topological polar surface area (TPSA) is 124 Å². The molecule has 3 amide bonds. The number of amides is 3. The Labute approximate surface area is 184 Å². The molecule has 1 aromatic heterocycles. The van der Waals surface area contributed by atoms with Crippen LogP contribution >= 0.6 is 15.9 Å². The van der Waals surface area contributed by atoms with Gasteiger partial charge in [-0.25, -0.2) is 9.59 Å². The Morgan fingerprint density at radius 1 is 1.19 bits per heavy atom. The summed E-state index contributed by atoms with van der Waals surface area (Å²) in [5.74, 6) is -1.10. The minimum Gasteiger partial charge on any atom is -0.493 e. The average molecular weight is 493 g/mol. The van der Waals surface area contributed by atoms with E-state index in [-0.39, 0.29) is 35.3 Å². The highest BCUT2D eigenvalue weighted by atomic mass is 79.9. The molecule has 0 spiro atoms. The average Bonchev–Trinajstić information content (AvgIpc) is 3.29. The molecule has 0 aliphatic carbocycles. The van der Waals surface area contributed by atoms with E-state index in [0.717, 1.165) is 4.90 Å². The van der Waals surface area contributed by atoms with E-state index in [9.17, 15) is 19.2 Å². The van der Waals surface area contributed by atoms with Crippen LogP contribution in [0.5, 0.6) is 11.5 Å². The summed E-state index contributed by atoms with van der Waals surface area (Å²) in [6.07, 6.45) is 1.45. The van der Waals surface area contributed by atoms with Gasteiger partial charge in [0.25, 0.3) is 5.91 Å². The maximum atomic E-state index is 12.7. The van der Waals surface area contributed by atoms with Gasteiger partial charge in [-0.3, -0.25) is 14.5 Å². The fourth-order valence-corrected chi connectivity index (χ4v) is 3.19. The number of rotatable bonds is 6. The number of carbonyl (C=O) groups excluding carboxylic acids is 4. The quantitative estimate of drug-likeness (QED) is 0.282. The minimum absolute atomic E-state index is 0.0211. The fourth-order valence-electron chi connectivity index (χ4n) is 2.76. The van der Waals surface area contributed by atoms with Crippen LogP contribution < -0.4 is 14.8 Å². The van der Waals surface area contributed by atoms with Crippen molar-refractivity contribution in [3.8, 4) is 11.5 Å². The molecule has 162 valence electrons. The highest BCUT2D eigenvalue weighted by Crippen LogP contribution is 2.35. The first-order valence-corrected chi connectivity index (χ1v) is 9.60. The minimum atomic E-state index is -0.667. The highest BCUT2D eigenvalue weighted by Gasteiger charge is 2.34. The molecule has 31 heavy (non-hydrogen) atoms. The summed E-state index contributed by atoms with van der Waals surface area (Å²) in [7, 11) is 2.62. The van der Waals surface area contributed by atoms with Crippen LogP contribution in [0.2, 0.25) is 0 Å². The Balaban J connectivity index is 1.84. The number of nitrogens with zero attached hydrogens (tertiary/aromatic N) is 1. The first kappa shape index (κ1) is 22.1. The zero-order chi connectivity index (χ0) is 22.7. The molecule has 1 aromatic carbocycles. The molecule has 1 aliphatic rings. The van der Waals surface area contributed by atoms with Crippen LogP contribution in [0, 0.1) is 0 Å². The van der Waals surface area contributed by atoms with E-state index in [4.69, 9.17) is 13.9 Å². The molecule has 10 nitrogen and oxygen atoms in total. The van der Waals surface area contributed by atoms with Crippen molar-refractivity contribution < 1.29 is 37.8 Å². The number of benzene rings is 1. The Kier molecular flexibility index (Phi) is 6.44. The molecule has 1 aliphatic heterocycles. The van der Waals surface area contributed by atoms with Gasteiger partial charge in [0.1, 0.15) is 11.5 Å². The molecule has 1 fully saturated rings. The van der Waals surface area contributed by atoms with Crippen LogP contribution in [0.1, 0.15) is 28.8 Å². The van der Waals surface area contributed by atoms with Crippen LogP contribution in [-0.4, -0.2) is 43.0 Å². The van der Waals surface area contributed by atoms with E-state index < -0.39 is 23.9 Å². The van der Waals surface area contributed by atoms with Gasteiger partial charge in [-0.15, -0.1) is 0 Å². The lowest BCUT2D eigenvalue weighted by Gasteiger charge is -2.11. The normalized spacial score (nSPS) is 14.6. The molecule has 0 atom stereocenters. The lowest BCUT2D eigenvalue weighted by Crippen LogP contribution is -2.30. The summed E-state index contributed by atoms with van der Waals surface area (Å²) in [6, 6.07) is 5.29. The van der Waals surface area contributed by atoms with Crippen molar-refractivity contribution in [2.24, 2.45) is 0 Å². The zero-order valence-electron chi connectivity index (χ0n) is 16.7. The maximum Gasteiger partial charge on any atom is 0.373 e. The van der Waals surface area contributed by atoms with Gasteiger partial charge in [-0.05, 0) is 35.9 Å². The first-order valence-electron chi connectivity index (χ1n) is 8.81. The number of ether oxygens (including phenoxy) is 3. The van der Waals surface area contributed by atoms with Gasteiger partial charge < -0.3 is 23.9 Å². The Morgan fingerprint density at radius 2 is 1.94 bits per heavy atom. The van der Waals surface area contributed by atoms with Crippen molar-refractivity contribution in [2.75, 3.05) is 14.2 Å². The van der Waals surface area contributed by atoms with Crippen LogP contribution in [0.15, 0.2) is 38.9 Å². The van der Waals surface area contributed by atoms with Crippen molar-refractivity contribution >= 4 is 45.9 Å². The molecule has 0 unspecified atom stereocenters. The van der Waals surface area contributed by atoms with Crippen molar-refractivity contribution in [2.45, 2.75) is 13.5 Å². The number of hydrogen-bond acceptors (Lipinski definition) is 8. The van der Waals surface area contributed by atoms with Crippen LogP contribution in [0.25, 0.3) is 6.08 Å². The Morgan fingerprint density at radius 3 is 2.58 bits per heavy atom. The van der Waals surface area contributed by atoms with Crippen LogP contribution in [-0.2, 0) is 20.9 Å². The molecule has 2 heterocycles. The lowest BCUT2D eigenvalue weighted by atomic mass is 10.1. The molecule has 3 rings (SSSR count). The summed E-state index contributed by atoms with van der Waals surface area (Å²) in [5.41, 5.74) is 0.525. The number of urea groups is 1. The molecule has 0 bridgehead atoms. The third-order valence-electron chi connectivity index (χ3n) is 4.16. The van der Waals surface area contributed by atoms with Crippen molar-refractivity contribution in [1.82, 2.24) is 10.2 Å². The molecule has 0 radical (unpaired) electrons. The second-order valence-corrected chi connectivity index (χ2v) is 7.11. The predicted molar refractivity (Wildman–Crippen MR) is 109 cm³/mol. The number of halogens is 1. The van der Waals surface area contributed by atoms with Crippen molar-refractivity contribution in [1.29, 1.82) is 0 Å². The van der Waals surface area contributed by atoms with Crippen molar-refractivity contribution in [3.63, 3.8) is 0 Å². The van der Waals surface area contributed by atoms with Crippen LogP contribution in [0.3, 0.4) is 0 Å². The molecular weight excluding hydrogens is 476 g/mol. The summed E-state index contributed by atoms with van der Waals surface area (Å²) in [4.78, 5) is 48.7. The summed E-state index contributed by atoms with van der Waals surface area (Å²) in [6.45, 7) is 1.09. The first-order chi connectivity index (χ1) is 14.7. The van der Waals surface area contributed by atoms with E-state index in [1.54, 1.807) is 6.07 Å². The van der Waals surface area contributed by atoms with Crippen molar-refractivity contribution in [3.05, 3.63) is 51.5 Å². The van der Waals surface area contributed by atoms with Gasteiger partial charge in [-0.2, -0.15) is 0 Å². The Hall–Kier alpha value is -3.60. The van der Waals surface area contributed by atoms with Gasteiger partial charge >= 0.3 is 18.0 Å². The largest absolute Gasteiger partial charge is 0.493 e. The highest BCUT2D eigenvalue weighted by molar-refractivity contribution is 9.10. The summed E-state index contributed by atoms with van der Waals surface area (Å²) in [5, 5.41) is 2.49. The van der Waals surface area contributed by atoms with Gasteiger partial charge in [0.15, 0.2) is 11.5 Å². The predicted octanol–water partition coefficient (Wildman–Crippen LogP) is 2.86. The molecule has 0 saturated carbocycles. The van der Waals surface area contributed by atoms with Gasteiger partial charge in [0.05, 0.1) is 20.8 Å². The number of nitrogens with one attached hydrogen (secondary N) is 1. The van der Waals surface area contributed by atoms with E-state index in [1.807, 2.05) is 0 Å². The second-order valence-electron chi connectivity index (χ2n) is 6.26. The monoisotopic (exact) mass is 492 g/mol. The number of esters is 2. The summed E-state index contributed by atoms with van der Waals surface area (Å²) >= 11 is 3.35. The summed E-state index contributed by atoms with van der Waals surface area (Å²) < 4.78 is 20.7. The molecule has 2 aromatic rings. The SMILES string of the molecule is COC(=O)c1ccc(CN2C(=O)N/C(=C\c3cc(OC)c(OC(C)=O)cc3Br)C2=O)o1. The standard InChI is InChI=1S/C20H17BrN2O8/c1-10(24)30-17-8-13(21)11(7-16(17)28-2)6-14-18(25)23(20(27)22-14)9-12-4-5-15(31-12)19(26)29-3/h4-8H,9H2,1-3H3,(H,22,27)/b14-6-. The second kappa shape index (κ2) is 9.04. The fraction of sp³-hybridized carbons (Fsp3) is 0.200. The zero-order valence-corrected chi connectivity index (χ0v) is 18.3. The van der Waals surface area contributed by atoms with E-state index >= 15 is 0 Å². The van der Waals surface area contributed by atoms with Gasteiger partial charge in [0.2, 0.25) is 5.76 Å². The van der Waals surface area contributed by atoms with Gasteiger partial charge in [-0.1, -0.05) is 15.9 Å². The molecular formula is C20H17BrN2O8. The number of furan rings is 1. The third-order valence-corrected chi connectivity index (χ3v) is 4.85. The lowest BCUT2D eigenvalue weighted by molar-refractivity contribution is -0.132. The van der Waals surface area contributed by atoms with E-state index in [1.165, 1.54) is 45.4 Å². The van der Waals surface area contributed by atoms with Crippen LogP contribution in [0.4, 0.5) is 4.79 Å². The maximum absolute atomic E-state index is 12.7. The Bertz CT molecular complexity index is 1100. The molecule has 1 N–H and O–H groups in total. The third kappa shape index (κ3) is 4.77. The number of hydrogen-bond donors (Lipinski definition) is 1. The van der Waals surface area contributed by atoms with E-state index in [0.29, 0.717) is 10.0 Å². The van der Waals surface area contributed by atoms with E-state index in [2.05, 4.69) is 26.0 Å². The number of methoxy groups -OCH3 is 2. The van der Waals surface area contributed by atoms with Gasteiger partial charge in [0, 0.05) is 11.4 Å². The molecule has 1 saturated heterocycles.